The van der Waals surface area contributed by atoms with E-state index in [2.05, 4.69) is 149 Å². The second-order valence-corrected chi connectivity index (χ2v) is 19.3. The third kappa shape index (κ3) is 6.05. The van der Waals surface area contributed by atoms with Crippen LogP contribution in [0.1, 0.15) is 5.56 Å². The highest BCUT2D eigenvalue weighted by Crippen LogP contribution is 2.47. The number of para-hydroxylation sites is 3. The lowest BCUT2D eigenvalue weighted by molar-refractivity contribution is 0.666. The van der Waals surface area contributed by atoms with Gasteiger partial charge >= 0.3 is 0 Å². The Kier molecular flexibility index (Phi) is 8.76. The molecule has 0 aliphatic rings. The molecule has 0 unspecified atom stereocenters. The largest absolute Gasteiger partial charge is 0.454 e. The molecule has 5 heterocycles. The molecule has 0 saturated carbocycles. The van der Waals surface area contributed by atoms with Gasteiger partial charge in [0.15, 0.2) is 23.1 Å². The number of thiophene rings is 1. The molecule has 0 atom stereocenters. The number of rotatable bonds is 6. The number of nitriles is 1. The van der Waals surface area contributed by atoms with Crippen molar-refractivity contribution in [2.45, 2.75) is 0 Å². The summed E-state index contributed by atoms with van der Waals surface area (Å²) in [4.78, 5) is 15.4. The van der Waals surface area contributed by atoms with Crippen LogP contribution in [0.25, 0.3) is 142 Å². The summed E-state index contributed by atoms with van der Waals surface area (Å²) in [6.07, 6.45) is 0. The maximum atomic E-state index is 11.5. The fraction of sp³-hybridized carbons (Fsp3) is 0. The number of aromatic nitrogens is 5. The molecule has 0 spiro atoms. The van der Waals surface area contributed by atoms with Crippen LogP contribution in [-0.2, 0) is 0 Å². The molecule has 72 heavy (non-hydrogen) atoms. The molecule has 15 rings (SSSR count). The first-order chi connectivity index (χ1) is 35.6. The summed E-state index contributed by atoms with van der Waals surface area (Å²) in [6, 6.07) is 78.6. The normalized spacial score (nSPS) is 11.9. The minimum absolute atomic E-state index is 0.388. The molecule has 0 saturated heterocycles. The van der Waals surface area contributed by atoms with Crippen molar-refractivity contribution in [2.24, 2.45) is 0 Å². The summed E-state index contributed by atoms with van der Waals surface area (Å²) in [5, 5.41) is 20.1. The lowest BCUT2D eigenvalue weighted by Gasteiger charge is -2.14. The molecule has 7 nitrogen and oxygen atoms in total. The Balaban J connectivity index is 1.05. The number of hydrogen-bond acceptors (Lipinski definition) is 6. The predicted octanol–water partition coefficient (Wildman–Crippen LogP) is 16.9. The monoisotopic (exact) mass is 936 g/mol. The van der Waals surface area contributed by atoms with Crippen LogP contribution in [0.5, 0.6) is 0 Å². The Labute approximate surface area is 415 Å². The van der Waals surface area contributed by atoms with Crippen molar-refractivity contribution in [1.82, 2.24) is 24.1 Å². The minimum atomic E-state index is 0.388. The molecule has 0 amide bonds. The lowest BCUT2D eigenvalue weighted by atomic mass is 9.98. The zero-order valence-corrected chi connectivity index (χ0v) is 39.1. The molecule has 0 N–H and O–H groups in total. The third-order valence-electron chi connectivity index (χ3n) is 14.2. The molecule has 0 aliphatic heterocycles. The van der Waals surface area contributed by atoms with Crippen LogP contribution in [0.15, 0.2) is 223 Å². The first-order valence-corrected chi connectivity index (χ1v) is 24.7. The highest BCUT2D eigenvalue weighted by Gasteiger charge is 2.27. The topological polar surface area (TPSA) is 85.5 Å². The van der Waals surface area contributed by atoms with Gasteiger partial charge in [-0.25, -0.2) is 15.0 Å². The molecule has 0 aliphatic carbocycles. The van der Waals surface area contributed by atoms with Crippen molar-refractivity contribution in [3.05, 3.63) is 224 Å². The van der Waals surface area contributed by atoms with E-state index in [0.29, 0.717) is 39.8 Å². The second-order valence-electron chi connectivity index (χ2n) is 18.2. The number of benzene rings is 10. The Morgan fingerprint density at radius 2 is 0.958 bits per heavy atom. The summed E-state index contributed by atoms with van der Waals surface area (Å²) in [5.74, 6) is 1.41. The van der Waals surface area contributed by atoms with E-state index < -0.39 is 0 Å². The van der Waals surface area contributed by atoms with Gasteiger partial charge in [-0.15, -0.1) is 11.3 Å². The van der Waals surface area contributed by atoms with Gasteiger partial charge < -0.3 is 13.6 Å². The minimum Gasteiger partial charge on any atom is -0.454 e. The molecule has 0 bridgehead atoms. The smallest absolute Gasteiger partial charge is 0.166 e. The van der Waals surface area contributed by atoms with E-state index in [1.165, 1.54) is 25.6 Å². The summed E-state index contributed by atoms with van der Waals surface area (Å²) >= 11 is 1.83. The zero-order valence-electron chi connectivity index (χ0n) is 38.3. The fourth-order valence-corrected chi connectivity index (χ4v) is 12.1. The van der Waals surface area contributed by atoms with Gasteiger partial charge in [-0.2, -0.15) is 5.26 Å². The van der Waals surface area contributed by atoms with Crippen molar-refractivity contribution in [2.75, 3.05) is 0 Å². The van der Waals surface area contributed by atoms with Crippen molar-refractivity contribution in [1.29, 1.82) is 5.26 Å². The van der Waals surface area contributed by atoms with E-state index in [9.17, 15) is 5.26 Å². The van der Waals surface area contributed by atoms with Gasteiger partial charge in [0.2, 0.25) is 0 Å². The predicted molar refractivity (Wildman–Crippen MR) is 295 cm³/mol. The zero-order chi connectivity index (χ0) is 47.4. The Morgan fingerprint density at radius 1 is 0.403 bits per heavy atom. The summed E-state index contributed by atoms with van der Waals surface area (Å²) in [6.45, 7) is 0. The maximum Gasteiger partial charge on any atom is 0.166 e. The van der Waals surface area contributed by atoms with E-state index in [1.807, 2.05) is 96.3 Å². The lowest BCUT2D eigenvalue weighted by Crippen LogP contribution is -2.03. The van der Waals surface area contributed by atoms with Crippen LogP contribution in [0.2, 0.25) is 0 Å². The SMILES string of the molecule is N#Cc1cc(-n2c3ccc(-c4ccc5sc6ccccc6c5c4)cc3c3cc4c5ccccc5n(-c5ccccc5)c4cc32)c2oc3ccccc3c2c1-c1nc(-c2ccccc2)nc(-c2ccccc2)n1. The molecule has 0 radical (unpaired) electrons. The number of nitrogens with zero attached hydrogens (tertiary/aromatic N) is 6. The van der Waals surface area contributed by atoms with Crippen LogP contribution in [0.4, 0.5) is 0 Å². The first kappa shape index (κ1) is 40.2. The van der Waals surface area contributed by atoms with Gasteiger partial charge in [-0.3, -0.25) is 0 Å². The number of fused-ring (bicyclic) bond motifs is 12. The maximum absolute atomic E-state index is 11.5. The van der Waals surface area contributed by atoms with Crippen molar-refractivity contribution in [3.63, 3.8) is 0 Å². The first-order valence-electron chi connectivity index (χ1n) is 23.9. The second kappa shape index (κ2) is 15.7. The van der Waals surface area contributed by atoms with Crippen molar-refractivity contribution in [3.8, 4) is 62.7 Å². The number of hydrogen-bond donors (Lipinski definition) is 0. The molecule has 5 aromatic heterocycles. The summed E-state index contributed by atoms with van der Waals surface area (Å²) < 4.78 is 14.3. The molecule has 0 fully saturated rings. The van der Waals surface area contributed by atoms with Gasteiger partial charge in [0.1, 0.15) is 5.58 Å². The van der Waals surface area contributed by atoms with E-state index >= 15 is 0 Å². The van der Waals surface area contributed by atoms with Crippen LogP contribution in [0.3, 0.4) is 0 Å². The average Bonchev–Trinajstić information content (AvgIpc) is 4.20. The number of furan rings is 1. The van der Waals surface area contributed by atoms with Crippen molar-refractivity contribution >= 4 is 97.1 Å². The van der Waals surface area contributed by atoms with Gasteiger partial charge in [0.25, 0.3) is 0 Å². The Morgan fingerprint density at radius 3 is 1.71 bits per heavy atom. The van der Waals surface area contributed by atoms with Crippen LogP contribution >= 0.6 is 11.3 Å². The highest BCUT2D eigenvalue weighted by atomic mass is 32.1. The molecular formula is C64H36N6OS. The molecule has 15 aromatic rings. The highest BCUT2D eigenvalue weighted by molar-refractivity contribution is 7.25. The van der Waals surface area contributed by atoms with Gasteiger partial charge in [-0.05, 0) is 83.9 Å². The molecule has 10 aromatic carbocycles. The quantitative estimate of drug-likeness (QED) is 0.166. The Bertz CT molecular complexity index is 4690. The van der Waals surface area contributed by atoms with E-state index in [1.54, 1.807) is 0 Å². The Hall–Kier alpha value is -9.68. The van der Waals surface area contributed by atoms with E-state index in [0.717, 1.165) is 82.6 Å². The standard InChI is InChI=1S/C64H36N6OS/c65-37-42-34-55(61-60(46-24-11-14-26-56(46)71-61)59(42)64-67-62(38-16-4-1-5-17-38)66-63(68-64)39-18-6-2-7-19-39)70-52-30-28-40(41-29-31-58-50(33-41)45-23-12-15-27-57(45)72-58)32-47(52)49-35-48-44-22-10-13-25-51(44)69(53(48)36-54(49)70)43-20-8-3-9-21-43/h1-36H. The molecule has 334 valence electrons. The van der Waals surface area contributed by atoms with E-state index in [4.69, 9.17) is 19.4 Å². The van der Waals surface area contributed by atoms with Crippen molar-refractivity contribution < 1.29 is 4.42 Å². The molecular weight excluding hydrogens is 901 g/mol. The average molecular weight is 937 g/mol. The van der Waals surface area contributed by atoms with Gasteiger partial charge in [0, 0.05) is 74.9 Å². The van der Waals surface area contributed by atoms with Gasteiger partial charge in [-0.1, -0.05) is 146 Å². The van der Waals surface area contributed by atoms with Crippen LogP contribution in [-0.4, -0.2) is 24.1 Å². The fourth-order valence-electron chi connectivity index (χ4n) is 11.0. The van der Waals surface area contributed by atoms with Gasteiger partial charge in [0.05, 0.1) is 39.4 Å². The summed E-state index contributed by atoms with van der Waals surface area (Å²) in [7, 11) is 0. The summed E-state index contributed by atoms with van der Waals surface area (Å²) in [5.41, 5.74) is 12.2. The molecule has 8 heteroatoms. The van der Waals surface area contributed by atoms with Crippen LogP contribution < -0.4 is 0 Å². The van der Waals surface area contributed by atoms with E-state index in [-0.39, 0.29) is 0 Å². The van der Waals surface area contributed by atoms with Crippen LogP contribution in [0, 0.1) is 11.3 Å². The third-order valence-corrected chi connectivity index (χ3v) is 15.3.